The molecule has 2 aliphatic carbocycles. The predicted molar refractivity (Wildman–Crippen MR) is 124 cm³/mol. The zero-order valence-electron chi connectivity index (χ0n) is 18.4. The number of hydrogen-bond acceptors (Lipinski definition) is 4. The largest absolute Gasteiger partial charge is 0.788 e. The van der Waals surface area contributed by atoms with Crippen LogP contribution in [0.1, 0.15) is 58.8 Å². The number of carbonyl (C=O) groups is 1. The first-order valence-electron chi connectivity index (χ1n) is 11.6. The number of rotatable bonds is 8. The number of likely N-dealkylation sites (tertiary alicyclic amines) is 1. The van der Waals surface area contributed by atoms with Crippen LogP contribution in [0.4, 0.5) is 0 Å². The molecule has 0 spiro atoms. The van der Waals surface area contributed by atoms with E-state index in [1.807, 2.05) is 6.08 Å². The van der Waals surface area contributed by atoms with E-state index in [1.54, 1.807) is 0 Å². The maximum atomic E-state index is 13.2. The number of hydroxylamine groups is 1. The van der Waals surface area contributed by atoms with Crippen LogP contribution in [0.2, 0.25) is 0 Å². The summed E-state index contributed by atoms with van der Waals surface area (Å²) >= 11 is 6.05. The third kappa shape index (κ3) is 6.43. The van der Waals surface area contributed by atoms with Gasteiger partial charge in [-0.2, -0.15) is 0 Å². The normalized spacial score (nSPS) is 26.5. The van der Waals surface area contributed by atoms with Crippen LogP contribution in [0.3, 0.4) is 0 Å². The van der Waals surface area contributed by atoms with Gasteiger partial charge in [0, 0.05) is 18.1 Å². The molecule has 1 saturated heterocycles. The Bertz CT molecular complexity index is 665. The molecule has 0 bridgehead atoms. The molecule has 1 fully saturated rings. The van der Waals surface area contributed by atoms with Crippen LogP contribution in [0, 0.1) is 23.0 Å². The lowest BCUT2D eigenvalue weighted by molar-refractivity contribution is -0.136. The summed E-state index contributed by atoms with van der Waals surface area (Å²) in [5.74, 6) is 1.71. The van der Waals surface area contributed by atoms with E-state index in [-0.39, 0.29) is 23.9 Å². The van der Waals surface area contributed by atoms with Crippen molar-refractivity contribution in [2.24, 2.45) is 17.8 Å². The highest BCUT2D eigenvalue weighted by Gasteiger charge is 2.32. The highest BCUT2D eigenvalue weighted by atomic mass is 35.5. The number of nitrogens with zero attached hydrogens (tertiary/aromatic N) is 1. The summed E-state index contributed by atoms with van der Waals surface area (Å²) in [7, 11) is 0. The minimum Gasteiger partial charge on any atom is -0.788 e. The molecule has 0 aromatic heterocycles. The second-order valence-corrected chi connectivity index (χ2v) is 9.82. The summed E-state index contributed by atoms with van der Waals surface area (Å²) in [5, 5.41) is 15.1. The van der Waals surface area contributed by atoms with E-state index in [0.29, 0.717) is 11.8 Å². The average molecular weight is 435 g/mol. The predicted octanol–water partition coefficient (Wildman–Crippen LogP) is 4.49. The lowest BCUT2D eigenvalue weighted by Crippen LogP contribution is -2.52. The molecule has 0 radical (unpaired) electrons. The Morgan fingerprint density at radius 2 is 2.00 bits per heavy atom. The molecule has 2 N–H and O–H groups in total. The highest BCUT2D eigenvalue weighted by molar-refractivity contribution is 6.31. The fourth-order valence-electron chi connectivity index (χ4n) is 4.92. The van der Waals surface area contributed by atoms with Crippen molar-refractivity contribution in [3.05, 3.63) is 40.1 Å². The highest BCUT2D eigenvalue weighted by Crippen LogP contribution is 2.32. The summed E-state index contributed by atoms with van der Waals surface area (Å²) in [4.78, 5) is 15.3. The average Bonchev–Trinajstić information content (AvgIpc) is 2.77. The molecule has 2 unspecified atom stereocenters. The van der Waals surface area contributed by atoms with Crippen LogP contribution in [-0.2, 0) is 4.79 Å². The summed E-state index contributed by atoms with van der Waals surface area (Å²) in [6.45, 7) is 6.76. The summed E-state index contributed by atoms with van der Waals surface area (Å²) in [6.07, 6.45) is 15.4. The van der Waals surface area contributed by atoms with Gasteiger partial charge in [-0.15, -0.1) is 0 Å². The number of piperidine rings is 1. The van der Waals surface area contributed by atoms with Gasteiger partial charge in [-0.05, 0) is 81.4 Å². The third-order valence-electron chi connectivity index (χ3n) is 6.96. The molecule has 0 aromatic rings. The van der Waals surface area contributed by atoms with Crippen LogP contribution >= 0.6 is 11.6 Å². The van der Waals surface area contributed by atoms with Crippen molar-refractivity contribution in [3.8, 4) is 0 Å². The first kappa shape index (κ1) is 23.5. The molecule has 0 saturated carbocycles. The van der Waals surface area contributed by atoms with Gasteiger partial charge in [0.2, 0.25) is 5.91 Å². The second-order valence-electron chi connectivity index (χ2n) is 9.39. The van der Waals surface area contributed by atoms with Gasteiger partial charge in [0.1, 0.15) is 0 Å². The standard InChI is InChI=1S/C24H37ClN3O2/c1-17(2)23(26-14-11-18-3-9-22(27-30)10-4-18)24(29)28-15-12-20(13-16-28)19-5-7-21(25)8-6-19/h3,5,7-8,17,19-20,22-23,26-27H,4,6,9-16H2,1-2H3/q-1/t19?,22?,23-/m1/s1. The molecule has 3 atom stereocenters. The van der Waals surface area contributed by atoms with Gasteiger partial charge in [-0.25, -0.2) is 0 Å². The van der Waals surface area contributed by atoms with Crippen molar-refractivity contribution in [1.29, 1.82) is 0 Å². The maximum Gasteiger partial charge on any atom is 0.239 e. The Hall–Kier alpha value is -1.14. The van der Waals surface area contributed by atoms with E-state index < -0.39 is 0 Å². The van der Waals surface area contributed by atoms with Crippen LogP contribution in [0.5, 0.6) is 0 Å². The zero-order valence-corrected chi connectivity index (χ0v) is 19.2. The molecule has 6 heteroatoms. The molecule has 3 rings (SSSR count). The first-order chi connectivity index (χ1) is 14.5. The molecule has 1 aliphatic heterocycles. The number of hydrogen-bond donors (Lipinski definition) is 2. The van der Waals surface area contributed by atoms with Gasteiger partial charge in [0.05, 0.1) is 6.04 Å². The van der Waals surface area contributed by atoms with E-state index in [2.05, 4.69) is 47.8 Å². The van der Waals surface area contributed by atoms with Crippen molar-refractivity contribution in [2.75, 3.05) is 19.6 Å². The number of allylic oxidation sites excluding steroid dienone is 4. The Morgan fingerprint density at radius 3 is 2.57 bits per heavy atom. The molecule has 3 aliphatic rings. The Labute approximate surface area is 186 Å². The van der Waals surface area contributed by atoms with Gasteiger partial charge >= 0.3 is 0 Å². The Balaban J connectivity index is 1.44. The van der Waals surface area contributed by atoms with Crippen molar-refractivity contribution >= 4 is 17.5 Å². The fourth-order valence-corrected chi connectivity index (χ4v) is 5.09. The fraction of sp³-hybridized carbons (Fsp3) is 0.708. The minimum absolute atomic E-state index is 0.0757. The second kappa shape index (κ2) is 11.5. The van der Waals surface area contributed by atoms with Crippen molar-refractivity contribution in [1.82, 2.24) is 15.7 Å². The number of carbonyl (C=O) groups excluding carboxylic acids is 1. The SMILES string of the molecule is CC(C)[C@@H](NCCC1=CCC(N[O-])CC1)C(=O)N1CCC(C2C=CC(Cl)=CC2)CC1. The lowest BCUT2D eigenvalue weighted by atomic mass is 9.80. The van der Waals surface area contributed by atoms with E-state index in [0.717, 1.165) is 69.6 Å². The molecule has 5 nitrogen and oxygen atoms in total. The molecular weight excluding hydrogens is 398 g/mol. The van der Waals surface area contributed by atoms with Crippen LogP contribution < -0.4 is 10.8 Å². The van der Waals surface area contributed by atoms with Gasteiger partial charge in [0.15, 0.2) is 0 Å². The van der Waals surface area contributed by atoms with Crippen LogP contribution in [0.25, 0.3) is 0 Å². The lowest BCUT2D eigenvalue weighted by Gasteiger charge is -2.38. The Kier molecular flexibility index (Phi) is 8.99. The zero-order chi connectivity index (χ0) is 21.5. The molecule has 30 heavy (non-hydrogen) atoms. The summed E-state index contributed by atoms with van der Waals surface area (Å²) in [5.41, 5.74) is 3.52. The topological polar surface area (TPSA) is 67.4 Å². The Morgan fingerprint density at radius 1 is 1.23 bits per heavy atom. The van der Waals surface area contributed by atoms with E-state index in [1.165, 1.54) is 5.57 Å². The quantitative estimate of drug-likeness (QED) is 0.436. The van der Waals surface area contributed by atoms with Crippen molar-refractivity contribution in [2.45, 2.75) is 70.9 Å². The third-order valence-corrected chi connectivity index (χ3v) is 7.24. The van der Waals surface area contributed by atoms with Crippen LogP contribution in [-0.4, -0.2) is 42.5 Å². The number of halogens is 1. The summed E-state index contributed by atoms with van der Waals surface area (Å²) < 4.78 is 0. The van der Waals surface area contributed by atoms with Crippen molar-refractivity contribution in [3.63, 3.8) is 0 Å². The minimum atomic E-state index is -0.127. The van der Waals surface area contributed by atoms with Gasteiger partial charge in [-0.1, -0.05) is 49.2 Å². The number of nitrogens with one attached hydrogen (secondary N) is 2. The molecular formula is C24H37ClN3O2-. The molecule has 1 amide bonds. The van der Waals surface area contributed by atoms with Crippen molar-refractivity contribution < 1.29 is 4.79 Å². The van der Waals surface area contributed by atoms with Gasteiger partial charge in [-0.3, -0.25) is 4.79 Å². The van der Waals surface area contributed by atoms with E-state index in [9.17, 15) is 10.0 Å². The smallest absolute Gasteiger partial charge is 0.239 e. The molecule has 0 aromatic carbocycles. The van der Waals surface area contributed by atoms with E-state index >= 15 is 0 Å². The monoisotopic (exact) mass is 434 g/mol. The number of amides is 1. The van der Waals surface area contributed by atoms with Gasteiger partial charge < -0.3 is 20.9 Å². The maximum absolute atomic E-state index is 13.2. The first-order valence-corrected chi connectivity index (χ1v) is 12.0. The molecule has 1 heterocycles. The van der Waals surface area contributed by atoms with Gasteiger partial charge in [0.25, 0.3) is 0 Å². The van der Waals surface area contributed by atoms with Crippen LogP contribution in [0.15, 0.2) is 34.9 Å². The molecule has 168 valence electrons. The summed E-state index contributed by atoms with van der Waals surface area (Å²) in [6, 6.07) is -0.0511. The van der Waals surface area contributed by atoms with E-state index in [4.69, 9.17) is 11.6 Å².